The van der Waals surface area contributed by atoms with Gasteiger partial charge in [0.25, 0.3) is 12.0 Å². The van der Waals surface area contributed by atoms with E-state index in [2.05, 4.69) is 0 Å². The summed E-state index contributed by atoms with van der Waals surface area (Å²) >= 11 is 0. The largest absolute Gasteiger partial charge is 0.418 e. The summed E-state index contributed by atoms with van der Waals surface area (Å²) < 4.78 is 61.9. The first-order valence-corrected chi connectivity index (χ1v) is 4.25. The number of H-pyrrole nitrogens is 1. The molecule has 0 aliphatic carbocycles. The van der Waals surface area contributed by atoms with Crippen LogP contribution in [0, 0.1) is 11.3 Å². The third-order valence-corrected chi connectivity index (χ3v) is 1.94. The average Bonchev–Trinajstić information content (AvgIpc) is 2.18. The molecule has 0 aromatic carbocycles. The molecular weight excluding hydrogens is 247 g/mol. The number of alkyl halides is 5. The standard InChI is InChI=1S/C9H5F5N2O/c10-7(11)6-5(9(12,13)14)3-4(1-2-15)8(17)16-6/h3,7H,1H2,(H,16,17). The van der Waals surface area contributed by atoms with Crippen LogP contribution in [0.15, 0.2) is 10.9 Å². The lowest BCUT2D eigenvalue weighted by atomic mass is 10.1. The fourth-order valence-corrected chi connectivity index (χ4v) is 1.21. The van der Waals surface area contributed by atoms with Crippen molar-refractivity contribution in [2.45, 2.75) is 19.0 Å². The van der Waals surface area contributed by atoms with Crippen molar-refractivity contribution in [1.82, 2.24) is 4.98 Å². The van der Waals surface area contributed by atoms with Gasteiger partial charge in [-0.1, -0.05) is 0 Å². The fraction of sp³-hybridized carbons (Fsp3) is 0.333. The molecule has 0 unspecified atom stereocenters. The van der Waals surface area contributed by atoms with Gasteiger partial charge in [-0.25, -0.2) is 8.78 Å². The minimum absolute atomic E-state index is 0.281. The predicted molar refractivity (Wildman–Crippen MR) is 46.3 cm³/mol. The van der Waals surface area contributed by atoms with Gasteiger partial charge in [0.15, 0.2) is 0 Å². The molecule has 0 atom stereocenters. The number of pyridine rings is 1. The van der Waals surface area contributed by atoms with Crippen molar-refractivity contribution in [1.29, 1.82) is 5.26 Å². The van der Waals surface area contributed by atoms with E-state index in [1.54, 1.807) is 0 Å². The zero-order valence-corrected chi connectivity index (χ0v) is 8.11. The Balaban J connectivity index is 3.49. The van der Waals surface area contributed by atoms with Gasteiger partial charge in [0, 0.05) is 5.56 Å². The van der Waals surface area contributed by atoms with E-state index in [4.69, 9.17) is 5.26 Å². The molecule has 0 spiro atoms. The number of aromatic nitrogens is 1. The van der Waals surface area contributed by atoms with Crippen LogP contribution in [0.3, 0.4) is 0 Å². The SMILES string of the molecule is N#CCc1cc(C(F)(F)F)c(C(F)F)[nH]c1=O. The second kappa shape index (κ2) is 4.53. The van der Waals surface area contributed by atoms with Gasteiger partial charge in [0.2, 0.25) is 0 Å². The molecule has 1 heterocycles. The number of aromatic amines is 1. The van der Waals surface area contributed by atoms with Crippen LogP contribution in [0.5, 0.6) is 0 Å². The van der Waals surface area contributed by atoms with Crippen molar-refractivity contribution in [3.8, 4) is 6.07 Å². The number of rotatable bonds is 2. The van der Waals surface area contributed by atoms with Crippen LogP contribution in [0.1, 0.15) is 23.2 Å². The number of hydrogen-bond acceptors (Lipinski definition) is 2. The first-order valence-electron chi connectivity index (χ1n) is 4.25. The Labute approximate surface area is 91.5 Å². The normalized spacial score (nSPS) is 11.6. The van der Waals surface area contributed by atoms with Crippen LogP contribution in [0.25, 0.3) is 0 Å². The summed E-state index contributed by atoms with van der Waals surface area (Å²) in [7, 11) is 0. The van der Waals surface area contributed by atoms with Gasteiger partial charge in [-0.3, -0.25) is 4.79 Å². The van der Waals surface area contributed by atoms with Crippen molar-refractivity contribution >= 4 is 0 Å². The summed E-state index contributed by atoms with van der Waals surface area (Å²) in [6, 6.07) is 1.76. The Kier molecular flexibility index (Phi) is 3.50. The fourth-order valence-electron chi connectivity index (χ4n) is 1.21. The predicted octanol–water partition coefficient (Wildman–Crippen LogP) is 2.40. The second-order valence-electron chi connectivity index (χ2n) is 3.08. The van der Waals surface area contributed by atoms with E-state index in [-0.39, 0.29) is 6.07 Å². The smallest absolute Gasteiger partial charge is 0.320 e. The van der Waals surface area contributed by atoms with Gasteiger partial charge < -0.3 is 4.98 Å². The summed E-state index contributed by atoms with van der Waals surface area (Å²) in [5, 5.41) is 8.28. The summed E-state index contributed by atoms with van der Waals surface area (Å²) in [5.74, 6) is 0. The number of nitrogens with one attached hydrogen (secondary N) is 1. The zero-order chi connectivity index (χ0) is 13.2. The summed E-state index contributed by atoms with van der Waals surface area (Å²) in [5.41, 5.74) is -4.72. The number of nitriles is 1. The van der Waals surface area contributed by atoms with E-state index in [1.807, 2.05) is 0 Å². The molecule has 1 rings (SSSR count). The van der Waals surface area contributed by atoms with Gasteiger partial charge in [0.1, 0.15) is 0 Å². The summed E-state index contributed by atoms with van der Waals surface area (Å²) in [4.78, 5) is 12.6. The molecule has 0 fully saturated rings. The van der Waals surface area contributed by atoms with Gasteiger partial charge in [-0.2, -0.15) is 18.4 Å². The Morgan fingerprint density at radius 2 is 2.00 bits per heavy atom. The van der Waals surface area contributed by atoms with Crippen LogP contribution < -0.4 is 5.56 Å². The lowest BCUT2D eigenvalue weighted by Crippen LogP contribution is -2.21. The molecular formula is C9H5F5N2O. The van der Waals surface area contributed by atoms with E-state index in [9.17, 15) is 26.7 Å². The van der Waals surface area contributed by atoms with Crippen LogP contribution in [-0.4, -0.2) is 4.98 Å². The van der Waals surface area contributed by atoms with Crippen molar-refractivity contribution in [3.05, 3.63) is 33.2 Å². The Morgan fingerprint density at radius 1 is 1.41 bits per heavy atom. The molecule has 1 aromatic heterocycles. The lowest BCUT2D eigenvalue weighted by Gasteiger charge is -2.12. The molecule has 0 amide bonds. The molecule has 0 aliphatic heterocycles. The van der Waals surface area contributed by atoms with E-state index in [0.29, 0.717) is 0 Å². The quantitative estimate of drug-likeness (QED) is 0.821. The molecule has 1 N–H and O–H groups in total. The molecule has 3 nitrogen and oxygen atoms in total. The van der Waals surface area contributed by atoms with Crippen molar-refractivity contribution in [3.63, 3.8) is 0 Å². The molecule has 0 saturated heterocycles. The van der Waals surface area contributed by atoms with Crippen LogP contribution in [0.4, 0.5) is 22.0 Å². The van der Waals surface area contributed by atoms with Gasteiger partial charge in [-0.05, 0) is 6.07 Å². The number of halogens is 5. The lowest BCUT2D eigenvalue weighted by molar-refractivity contribution is -0.140. The zero-order valence-electron chi connectivity index (χ0n) is 8.11. The average molecular weight is 252 g/mol. The Morgan fingerprint density at radius 3 is 2.41 bits per heavy atom. The maximum Gasteiger partial charge on any atom is 0.418 e. The van der Waals surface area contributed by atoms with E-state index in [1.165, 1.54) is 11.1 Å². The maximum atomic E-state index is 12.4. The summed E-state index contributed by atoms with van der Waals surface area (Å²) in [6.45, 7) is 0. The molecule has 92 valence electrons. The van der Waals surface area contributed by atoms with Gasteiger partial charge in [0.05, 0.1) is 23.7 Å². The van der Waals surface area contributed by atoms with E-state index >= 15 is 0 Å². The minimum atomic E-state index is -5.01. The van der Waals surface area contributed by atoms with Gasteiger partial charge in [-0.15, -0.1) is 0 Å². The monoisotopic (exact) mass is 252 g/mol. The molecule has 0 aliphatic rings. The highest BCUT2D eigenvalue weighted by atomic mass is 19.4. The Bertz CT molecular complexity index is 512. The first kappa shape index (κ1) is 13.2. The molecule has 0 radical (unpaired) electrons. The first-order chi connectivity index (χ1) is 7.77. The number of hydrogen-bond donors (Lipinski definition) is 1. The van der Waals surface area contributed by atoms with Crippen LogP contribution in [-0.2, 0) is 12.6 Å². The van der Waals surface area contributed by atoms with Crippen LogP contribution >= 0.6 is 0 Å². The van der Waals surface area contributed by atoms with Crippen molar-refractivity contribution in [2.75, 3.05) is 0 Å². The number of nitrogens with zero attached hydrogens (tertiary/aromatic N) is 1. The van der Waals surface area contributed by atoms with Crippen molar-refractivity contribution < 1.29 is 22.0 Å². The Hall–Kier alpha value is -1.91. The highest BCUT2D eigenvalue weighted by Crippen LogP contribution is 2.34. The molecule has 1 aromatic rings. The van der Waals surface area contributed by atoms with Crippen LogP contribution in [0.2, 0.25) is 0 Å². The van der Waals surface area contributed by atoms with E-state index < -0.39 is 41.4 Å². The third kappa shape index (κ3) is 2.81. The summed E-state index contributed by atoms with van der Waals surface area (Å²) in [6.07, 6.45) is -9.04. The second-order valence-corrected chi connectivity index (χ2v) is 3.08. The molecule has 0 bridgehead atoms. The highest BCUT2D eigenvalue weighted by Gasteiger charge is 2.37. The van der Waals surface area contributed by atoms with Gasteiger partial charge >= 0.3 is 6.18 Å². The van der Waals surface area contributed by atoms with E-state index in [0.717, 1.165) is 0 Å². The third-order valence-electron chi connectivity index (χ3n) is 1.94. The topological polar surface area (TPSA) is 56.6 Å². The highest BCUT2D eigenvalue weighted by molar-refractivity contribution is 5.30. The molecule has 8 heteroatoms. The molecule has 17 heavy (non-hydrogen) atoms. The molecule has 0 saturated carbocycles. The van der Waals surface area contributed by atoms with Crippen molar-refractivity contribution in [2.24, 2.45) is 0 Å². The maximum absolute atomic E-state index is 12.4. The minimum Gasteiger partial charge on any atom is -0.320 e.